The molecule has 0 unspecified atom stereocenters. The Balaban J connectivity index is 0.00000338. The number of nitrogens with zero attached hydrogens (tertiary/aromatic N) is 1. The summed E-state index contributed by atoms with van der Waals surface area (Å²) in [5, 5.41) is 9.59. The number of methoxy groups -OCH3 is 1. The van der Waals surface area contributed by atoms with Crippen molar-refractivity contribution in [3.8, 4) is 0 Å². The molecule has 1 saturated carbocycles. The number of ether oxygens (including phenoxy) is 1. The highest BCUT2D eigenvalue weighted by Gasteiger charge is 2.36. The molecule has 7 heteroatoms. The van der Waals surface area contributed by atoms with Crippen molar-refractivity contribution in [2.75, 3.05) is 32.6 Å². The lowest BCUT2D eigenvalue weighted by Gasteiger charge is -2.42. The fraction of sp³-hybridized carbons (Fsp3) is 0.579. The van der Waals surface area contributed by atoms with Gasteiger partial charge in [-0.3, -0.25) is 9.79 Å². The van der Waals surface area contributed by atoms with E-state index in [9.17, 15) is 4.79 Å². The molecule has 1 amide bonds. The number of hydrogen-bond donors (Lipinski definition) is 3. The molecule has 1 aliphatic rings. The van der Waals surface area contributed by atoms with E-state index in [2.05, 4.69) is 20.9 Å². The summed E-state index contributed by atoms with van der Waals surface area (Å²) in [7, 11) is 3.54. The number of carbonyl (C=O) groups excluding carboxylic acids is 1. The minimum atomic E-state index is -0.0653. The second kappa shape index (κ2) is 11.4. The summed E-state index contributed by atoms with van der Waals surface area (Å²) in [6.07, 6.45) is 4.89. The van der Waals surface area contributed by atoms with Crippen molar-refractivity contribution in [3.05, 3.63) is 29.8 Å². The number of halogens is 1. The summed E-state index contributed by atoms with van der Waals surface area (Å²) in [5.74, 6) is 0.734. The predicted octanol–water partition coefficient (Wildman–Crippen LogP) is 3.13. The van der Waals surface area contributed by atoms with E-state index >= 15 is 0 Å². The van der Waals surface area contributed by atoms with E-state index in [0.717, 1.165) is 36.8 Å². The van der Waals surface area contributed by atoms with Gasteiger partial charge >= 0.3 is 0 Å². The molecule has 0 radical (unpaired) electrons. The number of carbonyl (C=O) groups is 1. The molecule has 26 heavy (non-hydrogen) atoms. The second-order valence-corrected chi connectivity index (χ2v) is 6.76. The molecule has 1 aromatic carbocycles. The maximum absolute atomic E-state index is 11.2. The van der Waals surface area contributed by atoms with Gasteiger partial charge in [-0.2, -0.15) is 0 Å². The molecule has 2 rings (SSSR count). The second-order valence-electron chi connectivity index (χ2n) is 6.76. The lowest BCUT2D eigenvalue weighted by atomic mass is 9.67. The predicted molar refractivity (Wildman–Crippen MR) is 117 cm³/mol. The van der Waals surface area contributed by atoms with Crippen LogP contribution in [0.5, 0.6) is 0 Å². The summed E-state index contributed by atoms with van der Waals surface area (Å²) in [5.41, 5.74) is 2.24. The Hall–Kier alpha value is -1.35. The molecule has 3 N–H and O–H groups in total. The molecule has 1 fully saturated rings. The van der Waals surface area contributed by atoms with Gasteiger partial charge in [0.15, 0.2) is 5.96 Å². The molecular weight excluding hydrogens is 443 g/mol. The summed E-state index contributed by atoms with van der Waals surface area (Å²) in [4.78, 5) is 15.5. The lowest BCUT2D eigenvalue weighted by molar-refractivity contribution is -0.114. The topological polar surface area (TPSA) is 74.8 Å². The first kappa shape index (κ1) is 22.7. The van der Waals surface area contributed by atoms with Crippen molar-refractivity contribution < 1.29 is 9.53 Å². The van der Waals surface area contributed by atoms with Crippen LogP contribution in [0.4, 0.5) is 5.69 Å². The average Bonchev–Trinajstić information content (AvgIpc) is 2.56. The lowest BCUT2D eigenvalue weighted by Crippen LogP contribution is -2.46. The highest BCUT2D eigenvalue weighted by Crippen LogP contribution is 2.43. The van der Waals surface area contributed by atoms with Gasteiger partial charge in [0.05, 0.1) is 0 Å². The van der Waals surface area contributed by atoms with Crippen molar-refractivity contribution in [1.82, 2.24) is 10.6 Å². The zero-order valence-corrected chi connectivity index (χ0v) is 18.3. The van der Waals surface area contributed by atoms with Crippen LogP contribution in [-0.4, -0.2) is 39.2 Å². The van der Waals surface area contributed by atoms with Crippen LogP contribution in [0.25, 0.3) is 0 Å². The van der Waals surface area contributed by atoms with Gasteiger partial charge in [0.1, 0.15) is 0 Å². The average molecular weight is 474 g/mol. The van der Waals surface area contributed by atoms with E-state index in [1.807, 2.05) is 24.3 Å². The van der Waals surface area contributed by atoms with E-state index in [1.165, 1.54) is 26.2 Å². The number of aliphatic imine (C=N–C) groups is 1. The van der Waals surface area contributed by atoms with Crippen LogP contribution in [0, 0.1) is 5.41 Å². The Morgan fingerprint density at radius 1 is 1.31 bits per heavy atom. The number of nitrogens with one attached hydrogen (secondary N) is 3. The summed E-state index contributed by atoms with van der Waals surface area (Å²) >= 11 is 0. The highest BCUT2D eigenvalue weighted by molar-refractivity contribution is 14.0. The molecule has 0 spiro atoms. The molecule has 0 heterocycles. The summed E-state index contributed by atoms with van der Waals surface area (Å²) < 4.78 is 5.25. The first-order valence-corrected chi connectivity index (χ1v) is 8.87. The van der Waals surface area contributed by atoms with Crippen LogP contribution in [0.1, 0.15) is 38.2 Å². The number of anilines is 1. The molecule has 6 nitrogen and oxygen atoms in total. The standard InChI is InChI=1S/C19H30N4O2.HI/c1-15(24)23-17-7-4-6-16(12-17)13-21-18(20-2)22-14-19(8-5-9-19)10-11-25-3;/h4,6-7,12H,5,8-11,13-14H2,1-3H3,(H,23,24)(H2,20,21,22);1H. The Morgan fingerprint density at radius 3 is 2.65 bits per heavy atom. The fourth-order valence-corrected chi connectivity index (χ4v) is 3.15. The van der Waals surface area contributed by atoms with E-state index in [4.69, 9.17) is 4.74 Å². The van der Waals surface area contributed by atoms with Gasteiger partial charge < -0.3 is 20.7 Å². The van der Waals surface area contributed by atoms with Crippen LogP contribution in [0.2, 0.25) is 0 Å². The molecule has 0 aliphatic heterocycles. The Morgan fingerprint density at radius 2 is 2.08 bits per heavy atom. The SMILES string of the molecule is CN=C(NCc1cccc(NC(C)=O)c1)NCC1(CCOC)CCC1.I. The van der Waals surface area contributed by atoms with Gasteiger partial charge in [-0.15, -0.1) is 24.0 Å². The maximum atomic E-state index is 11.2. The zero-order chi connectivity index (χ0) is 18.1. The first-order chi connectivity index (χ1) is 12.1. The quantitative estimate of drug-likeness (QED) is 0.308. The van der Waals surface area contributed by atoms with Crippen LogP contribution in [0.3, 0.4) is 0 Å². The van der Waals surface area contributed by atoms with Crippen molar-refractivity contribution in [3.63, 3.8) is 0 Å². The smallest absolute Gasteiger partial charge is 0.221 e. The molecule has 0 atom stereocenters. The van der Waals surface area contributed by atoms with E-state index < -0.39 is 0 Å². The Kier molecular flexibility index (Phi) is 9.93. The van der Waals surface area contributed by atoms with E-state index in [-0.39, 0.29) is 29.9 Å². The monoisotopic (exact) mass is 474 g/mol. The molecule has 0 bridgehead atoms. The molecule has 1 aromatic rings. The van der Waals surface area contributed by atoms with Gasteiger partial charge in [-0.05, 0) is 42.4 Å². The van der Waals surface area contributed by atoms with Gasteiger partial charge in [0.25, 0.3) is 0 Å². The highest BCUT2D eigenvalue weighted by atomic mass is 127. The van der Waals surface area contributed by atoms with Crippen LogP contribution in [0.15, 0.2) is 29.3 Å². The molecule has 0 saturated heterocycles. The number of rotatable bonds is 8. The van der Waals surface area contributed by atoms with Crippen molar-refractivity contribution in [2.24, 2.45) is 10.4 Å². The Bertz CT molecular complexity index is 603. The fourth-order valence-electron chi connectivity index (χ4n) is 3.15. The van der Waals surface area contributed by atoms with Gasteiger partial charge in [0, 0.05) is 46.5 Å². The van der Waals surface area contributed by atoms with Gasteiger partial charge in [-0.25, -0.2) is 0 Å². The van der Waals surface area contributed by atoms with Crippen LogP contribution < -0.4 is 16.0 Å². The largest absolute Gasteiger partial charge is 0.385 e. The Labute approximate surface area is 173 Å². The minimum Gasteiger partial charge on any atom is -0.385 e. The van der Waals surface area contributed by atoms with E-state index in [1.54, 1.807) is 14.2 Å². The maximum Gasteiger partial charge on any atom is 0.221 e. The summed E-state index contributed by atoms with van der Waals surface area (Å²) in [6, 6.07) is 7.81. The molecule has 146 valence electrons. The summed E-state index contributed by atoms with van der Waals surface area (Å²) in [6.45, 7) is 3.89. The zero-order valence-electron chi connectivity index (χ0n) is 15.9. The number of hydrogen-bond acceptors (Lipinski definition) is 3. The van der Waals surface area contributed by atoms with Gasteiger partial charge in [0.2, 0.25) is 5.91 Å². The van der Waals surface area contributed by atoms with E-state index in [0.29, 0.717) is 12.0 Å². The third-order valence-electron chi connectivity index (χ3n) is 4.81. The third-order valence-corrected chi connectivity index (χ3v) is 4.81. The van der Waals surface area contributed by atoms with Crippen molar-refractivity contribution >= 4 is 41.5 Å². The van der Waals surface area contributed by atoms with Crippen LogP contribution >= 0.6 is 24.0 Å². The number of amides is 1. The normalized spacial score (nSPS) is 15.4. The minimum absolute atomic E-state index is 0. The number of benzene rings is 1. The molecular formula is C19H31IN4O2. The van der Waals surface area contributed by atoms with Gasteiger partial charge in [-0.1, -0.05) is 18.6 Å². The first-order valence-electron chi connectivity index (χ1n) is 8.87. The van der Waals surface area contributed by atoms with Crippen molar-refractivity contribution in [2.45, 2.75) is 39.2 Å². The van der Waals surface area contributed by atoms with Crippen molar-refractivity contribution in [1.29, 1.82) is 0 Å². The van der Waals surface area contributed by atoms with Crippen LogP contribution in [-0.2, 0) is 16.1 Å². The third kappa shape index (κ3) is 7.11. The molecule has 1 aliphatic carbocycles. The number of guanidine groups is 1. The molecule has 0 aromatic heterocycles.